The lowest BCUT2D eigenvalue weighted by molar-refractivity contribution is 0.0305. The van der Waals surface area contributed by atoms with Gasteiger partial charge in [-0.05, 0) is 64.0 Å². The van der Waals surface area contributed by atoms with Crippen LogP contribution in [0.2, 0.25) is 0 Å². The molecular formula is C16H30N2. The molecule has 2 nitrogen and oxygen atoms in total. The van der Waals surface area contributed by atoms with Gasteiger partial charge in [-0.25, -0.2) is 0 Å². The second-order valence-electron chi connectivity index (χ2n) is 6.96. The lowest BCUT2D eigenvalue weighted by Crippen LogP contribution is -2.52. The number of rotatable bonds is 5. The fourth-order valence-electron chi connectivity index (χ4n) is 4.22. The van der Waals surface area contributed by atoms with Crippen LogP contribution in [-0.2, 0) is 0 Å². The van der Waals surface area contributed by atoms with Gasteiger partial charge in [0.2, 0.25) is 0 Å². The molecule has 0 aromatic rings. The zero-order chi connectivity index (χ0) is 12.4. The maximum absolute atomic E-state index is 3.71. The van der Waals surface area contributed by atoms with Crippen LogP contribution in [0, 0.1) is 11.8 Å². The Bertz CT molecular complexity index is 238. The Kier molecular flexibility index (Phi) is 4.25. The minimum absolute atomic E-state index is 0.770. The minimum Gasteiger partial charge on any atom is -0.313 e. The van der Waals surface area contributed by atoms with Crippen LogP contribution in [0.5, 0.6) is 0 Å². The molecule has 0 aromatic carbocycles. The maximum Gasteiger partial charge on any atom is 0.0195 e. The lowest BCUT2D eigenvalue weighted by atomic mass is 9.68. The van der Waals surface area contributed by atoms with Crippen LogP contribution in [0.3, 0.4) is 0 Å². The van der Waals surface area contributed by atoms with Crippen molar-refractivity contribution in [1.29, 1.82) is 0 Å². The predicted octanol–water partition coefficient (Wildman–Crippen LogP) is 3.03. The number of nitrogens with one attached hydrogen (secondary N) is 1. The molecule has 18 heavy (non-hydrogen) atoms. The van der Waals surface area contributed by atoms with Gasteiger partial charge in [0.05, 0.1) is 0 Å². The standard InChI is InChI=1S/C16H30N2/c1-18(12-15-10-2-3-11-17-15)16(13-6-4-7-13)14-8-5-9-14/h13-17H,2-12H2,1H3. The summed E-state index contributed by atoms with van der Waals surface area (Å²) in [4.78, 5) is 2.73. The fourth-order valence-corrected chi connectivity index (χ4v) is 4.22. The van der Waals surface area contributed by atoms with Crippen LogP contribution >= 0.6 is 0 Å². The zero-order valence-electron chi connectivity index (χ0n) is 12.0. The zero-order valence-corrected chi connectivity index (χ0v) is 12.0. The molecule has 104 valence electrons. The molecular weight excluding hydrogens is 220 g/mol. The largest absolute Gasteiger partial charge is 0.313 e. The highest BCUT2D eigenvalue weighted by Crippen LogP contribution is 2.42. The first-order chi connectivity index (χ1) is 8.84. The van der Waals surface area contributed by atoms with Crippen LogP contribution in [0.15, 0.2) is 0 Å². The normalized spacial score (nSPS) is 30.5. The third-order valence-electron chi connectivity index (χ3n) is 5.70. The molecule has 1 aliphatic heterocycles. The van der Waals surface area contributed by atoms with E-state index in [-0.39, 0.29) is 0 Å². The summed E-state index contributed by atoms with van der Waals surface area (Å²) in [6.07, 6.45) is 13.2. The summed E-state index contributed by atoms with van der Waals surface area (Å²) >= 11 is 0. The molecule has 1 unspecified atom stereocenters. The van der Waals surface area contributed by atoms with Crippen molar-refractivity contribution < 1.29 is 0 Å². The fraction of sp³-hybridized carbons (Fsp3) is 1.00. The molecule has 2 saturated carbocycles. The number of likely N-dealkylation sites (N-methyl/N-ethyl adjacent to an activating group) is 1. The number of hydrogen-bond acceptors (Lipinski definition) is 2. The Morgan fingerprint density at radius 3 is 2.06 bits per heavy atom. The lowest BCUT2D eigenvalue weighted by Gasteiger charge is -2.48. The summed E-state index contributed by atoms with van der Waals surface area (Å²) in [5.41, 5.74) is 0. The first-order valence-corrected chi connectivity index (χ1v) is 8.28. The quantitative estimate of drug-likeness (QED) is 0.807. The van der Waals surface area contributed by atoms with E-state index < -0.39 is 0 Å². The van der Waals surface area contributed by atoms with Crippen molar-refractivity contribution >= 4 is 0 Å². The third-order valence-corrected chi connectivity index (χ3v) is 5.70. The van der Waals surface area contributed by atoms with E-state index in [1.165, 1.54) is 70.9 Å². The average Bonchev–Trinajstić information content (AvgIpc) is 2.24. The van der Waals surface area contributed by atoms with Gasteiger partial charge in [-0.2, -0.15) is 0 Å². The first kappa shape index (κ1) is 12.9. The van der Waals surface area contributed by atoms with Gasteiger partial charge in [0, 0.05) is 18.6 Å². The molecule has 3 fully saturated rings. The van der Waals surface area contributed by atoms with Gasteiger partial charge in [-0.1, -0.05) is 19.3 Å². The van der Waals surface area contributed by atoms with Gasteiger partial charge in [0.1, 0.15) is 0 Å². The molecule has 1 atom stereocenters. The maximum atomic E-state index is 3.71. The van der Waals surface area contributed by atoms with Crippen molar-refractivity contribution in [2.24, 2.45) is 11.8 Å². The van der Waals surface area contributed by atoms with Crippen LogP contribution in [0.1, 0.15) is 57.8 Å². The average molecular weight is 250 g/mol. The van der Waals surface area contributed by atoms with E-state index in [9.17, 15) is 0 Å². The highest BCUT2D eigenvalue weighted by Gasteiger charge is 2.38. The van der Waals surface area contributed by atoms with Crippen LogP contribution in [0.25, 0.3) is 0 Å². The molecule has 1 N–H and O–H groups in total. The van der Waals surface area contributed by atoms with E-state index in [2.05, 4.69) is 17.3 Å². The predicted molar refractivity (Wildman–Crippen MR) is 76.7 cm³/mol. The van der Waals surface area contributed by atoms with Crippen molar-refractivity contribution in [2.75, 3.05) is 20.1 Å². The molecule has 0 bridgehead atoms. The second kappa shape index (κ2) is 5.92. The van der Waals surface area contributed by atoms with E-state index in [0.29, 0.717) is 0 Å². The van der Waals surface area contributed by atoms with E-state index in [4.69, 9.17) is 0 Å². The highest BCUT2D eigenvalue weighted by atomic mass is 15.2. The molecule has 0 spiro atoms. The number of piperidine rings is 1. The van der Waals surface area contributed by atoms with Gasteiger partial charge in [-0.15, -0.1) is 0 Å². The summed E-state index contributed by atoms with van der Waals surface area (Å²) in [6.45, 7) is 2.54. The van der Waals surface area contributed by atoms with Crippen LogP contribution < -0.4 is 5.32 Å². The Labute approximate surface area is 113 Å². The van der Waals surface area contributed by atoms with Crippen LogP contribution in [-0.4, -0.2) is 37.1 Å². The minimum atomic E-state index is 0.770. The molecule has 0 amide bonds. The summed E-state index contributed by atoms with van der Waals surface area (Å²) in [5, 5.41) is 3.71. The van der Waals surface area contributed by atoms with Crippen molar-refractivity contribution in [2.45, 2.75) is 69.9 Å². The van der Waals surface area contributed by atoms with E-state index in [0.717, 1.165) is 23.9 Å². The molecule has 1 heterocycles. The van der Waals surface area contributed by atoms with Gasteiger partial charge in [0.15, 0.2) is 0 Å². The topological polar surface area (TPSA) is 15.3 Å². The first-order valence-electron chi connectivity index (χ1n) is 8.28. The molecule has 3 aliphatic rings. The van der Waals surface area contributed by atoms with Crippen molar-refractivity contribution in [3.05, 3.63) is 0 Å². The Morgan fingerprint density at radius 1 is 0.944 bits per heavy atom. The van der Waals surface area contributed by atoms with Crippen molar-refractivity contribution in [1.82, 2.24) is 10.2 Å². The summed E-state index contributed by atoms with van der Waals surface area (Å²) in [7, 11) is 2.40. The van der Waals surface area contributed by atoms with E-state index in [1.807, 2.05) is 0 Å². The molecule has 2 heteroatoms. The Balaban J connectivity index is 1.54. The molecule has 2 aliphatic carbocycles. The smallest absolute Gasteiger partial charge is 0.0195 e. The molecule has 3 rings (SSSR count). The van der Waals surface area contributed by atoms with E-state index >= 15 is 0 Å². The monoisotopic (exact) mass is 250 g/mol. The van der Waals surface area contributed by atoms with Crippen molar-refractivity contribution in [3.8, 4) is 0 Å². The highest BCUT2D eigenvalue weighted by molar-refractivity contribution is 4.93. The Hall–Kier alpha value is -0.0800. The molecule has 0 radical (unpaired) electrons. The summed E-state index contributed by atoms with van der Waals surface area (Å²) in [5.74, 6) is 2.06. The molecule has 1 saturated heterocycles. The SMILES string of the molecule is CN(CC1CCCCN1)C(C1CCC1)C1CCC1. The second-order valence-corrected chi connectivity index (χ2v) is 6.96. The number of nitrogens with zero attached hydrogens (tertiary/aromatic N) is 1. The van der Waals surface area contributed by atoms with Crippen molar-refractivity contribution in [3.63, 3.8) is 0 Å². The Morgan fingerprint density at radius 2 is 1.61 bits per heavy atom. The number of hydrogen-bond donors (Lipinski definition) is 1. The van der Waals surface area contributed by atoms with E-state index in [1.54, 1.807) is 0 Å². The van der Waals surface area contributed by atoms with Gasteiger partial charge in [0.25, 0.3) is 0 Å². The van der Waals surface area contributed by atoms with Crippen LogP contribution in [0.4, 0.5) is 0 Å². The summed E-state index contributed by atoms with van der Waals surface area (Å²) < 4.78 is 0. The van der Waals surface area contributed by atoms with Gasteiger partial charge < -0.3 is 10.2 Å². The molecule has 0 aromatic heterocycles. The van der Waals surface area contributed by atoms with Gasteiger partial charge >= 0.3 is 0 Å². The summed E-state index contributed by atoms with van der Waals surface area (Å²) in [6, 6.07) is 1.68. The third kappa shape index (κ3) is 2.75. The van der Waals surface area contributed by atoms with Gasteiger partial charge in [-0.3, -0.25) is 0 Å².